The van der Waals surface area contributed by atoms with Crippen LogP contribution >= 0.6 is 11.6 Å². The Hall–Kier alpha value is -0.920. The number of sulfone groups is 1. The van der Waals surface area contributed by atoms with Gasteiger partial charge in [-0.15, -0.1) is 11.6 Å². The molecule has 1 aromatic carbocycles. The molecule has 8 heteroatoms. The van der Waals surface area contributed by atoms with Crippen LogP contribution in [0.4, 0.5) is 14.5 Å². The molecule has 0 radical (unpaired) electrons. The van der Waals surface area contributed by atoms with Crippen LogP contribution in [0.15, 0.2) is 29.2 Å². The minimum atomic E-state index is -4.61. The molecular weight excluding hydrogens is 300 g/mol. The van der Waals surface area contributed by atoms with Crippen molar-refractivity contribution >= 4 is 27.1 Å². The van der Waals surface area contributed by atoms with Gasteiger partial charge < -0.3 is 10.1 Å². The van der Waals surface area contributed by atoms with Crippen molar-refractivity contribution in [2.45, 2.75) is 10.7 Å². The topological polar surface area (TPSA) is 55.4 Å². The average Bonchev–Trinajstić information content (AvgIpc) is 2.38. The summed E-state index contributed by atoms with van der Waals surface area (Å²) in [6, 6.07) is 5.52. The van der Waals surface area contributed by atoms with Crippen LogP contribution in [0.25, 0.3) is 0 Å². The van der Waals surface area contributed by atoms with Gasteiger partial charge in [-0.05, 0) is 12.1 Å². The number of halogens is 3. The minimum Gasteiger partial charge on any atom is -0.382 e. The van der Waals surface area contributed by atoms with E-state index in [1.54, 1.807) is 6.07 Å². The molecule has 0 heterocycles. The fraction of sp³-hybridized carbons (Fsp3) is 0.455. The number of nitrogens with one attached hydrogen (secondary N) is 1. The second-order valence-electron chi connectivity index (χ2n) is 3.53. The predicted octanol–water partition coefficient (Wildman–Crippen LogP) is 2.35. The molecule has 4 nitrogen and oxygen atoms in total. The summed E-state index contributed by atoms with van der Waals surface area (Å²) in [6.07, 6.45) is 0. The van der Waals surface area contributed by atoms with Crippen molar-refractivity contribution in [3.05, 3.63) is 24.3 Å². The van der Waals surface area contributed by atoms with Gasteiger partial charge in [-0.2, -0.15) is 8.78 Å². The van der Waals surface area contributed by atoms with E-state index in [1.807, 2.05) is 0 Å². The fourth-order valence-electron chi connectivity index (χ4n) is 1.37. The van der Waals surface area contributed by atoms with Crippen LogP contribution < -0.4 is 5.32 Å². The molecule has 0 spiro atoms. The molecule has 0 fully saturated rings. The predicted molar refractivity (Wildman–Crippen MR) is 69.7 cm³/mol. The highest BCUT2D eigenvalue weighted by atomic mass is 35.5. The van der Waals surface area contributed by atoms with Crippen molar-refractivity contribution in [3.63, 3.8) is 0 Å². The Bertz CT molecular complexity index is 496. The van der Waals surface area contributed by atoms with Crippen molar-refractivity contribution in [3.8, 4) is 0 Å². The van der Waals surface area contributed by atoms with Gasteiger partial charge >= 0.3 is 5.76 Å². The first-order valence-electron chi connectivity index (χ1n) is 5.49. The SMILES string of the molecule is O=S(=O)(c1ccccc1NCCOCCCl)C(F)F. The average molecular weight is 314 g/mol. The molecule has 0 aliphatic carbocycles. The van der Waals surface area contributed by atoms with Crippen LogP contribution in [-0.4, -0.2) is 39.8 Å². The number of hydrogen-bond donors (Lipinski definition) is 1. The lowest BCUT2D eigenvalue weighted by Crippen LogP contribution is -2.16. The summed E-state index contributed by atoms with van der Waals surface area (Å²) in [5.74, 6) is -3.08. The van der Waals surface area contributed by atoms with Gasteiger partial charge in [0.05, 0.1) is 23.8 Å². The third-order valence-corrected chi connectivity index (χ3v) is 3.80. The molecule has 1 aromatic rings. The van der Waals surface area contributed by atoms with Gasteiger partial charge in [-0.1, -0.05) is 12.1 Å². The second kappa shape index (κ2) is 7.62. The second-order valence-corrected chi connectivity index (χ2v) is 5.79. The van der Waals surface area contributed by atoms with E-state index in [4.69, 9.17) is 16.3 Å². The van der Waals surface area contributed by atoms with Gasteiger partial charge in [-0.3, -0.25) is 0 Å². The molecular formula is C11H14ClF2NO3S. The number of alkyl halides is 3. The normalized spacial score (nSPS) is 11.8. The Morgan fingerprint density at radius 3 is 2.58 bits per heavy atom. The molecule has 108 valence electrons. The maximum absolute atomic E-state index is 12.5. The third kappa shape index (κ3) is 4.59. The Morgan fingerprint density at radius 2 is 1.95 bits per heavy atom. The summed E-state index contributed by atoms with van der Waals surface area (Å²) in [7, 11) is -4.61. The van der Waals surface area contributed by atoms with Gasteiger partial charge in [0, 0.05) is 12.4 Å². The Balaban J connectivity index is 2.74. The molecule has 0 atom stereocenters. The number of para-hydroxylation sites is 1. The molecule has 0 aliphatic heterocycles. The van der Waals surface area contributed by atoms with Gasteiger partial charge in [0.1, 0.15) is 0 Å². The van der Waals surface area contributed by atoms with E-state index >= 15 is 0 Å². The van der Waals surface area contributed by atoms with Gasteiger partial charge in [-0.25, -0.2) is 8.42 Å². The molecule has 0 bridgehead atoms. The first-order chi connectivity index (χ1) is 9.00. The first-order valence-corrected chi connectivity index (χ1v) is 7.57. The summed E-state index contributed by atoms with van der Waals surface area (Å²) in [4.78, 5) is -0.414. The lowest BCUT2D eigenvalue weighted by molar-refractivity contribution is 0.160. The van der Waals surface area contributed by atoms with E-state index in [2.05, 4.69) is 5.32 Å². The minimum absolute atomic E-state index is 0.136. The van der Waals surface area contributed by atoms with Gasteiger partial charge in [0.15, 0.2) is 0 Å². The monoisotopic (exact) mass is 313 g/mol. The highest BCUT2D eigenvalue weighted by Crippen LogP contribution is 2.25. The molecule has 0 unspecified atom stereocenters. The van der Waals surface area contributed by atoms with Crippen LogP contribution in [0, 0.1) is 0 Å². The highest BCUT2D eigenvalue weighted by molar-refractivity contribution is 7.91. The smallest absolute Gasteiger partial charge is 0.341 e. The van der Waals surface area contributed by atoms with Crippen molar-refractivity contribution in [2.75, 3.05) is 31.0 Å². The van der Waals surface area contributed by atoms with Crippen LogP contribution in [0.5, 0.6) is 0 Å². The van der Waals surface area contributed by atoms with E-state index in [1.165, 1.54) is 12.1 Å². The van der Waals surface area contributed by atoms with E-state index < -0.39 is 20.5 Å². The zero-order valence-corrected chi connectivity index (χ0v) is 11.6. The summed E-state index contributed by atoms with van der Waals surface area (Å²) < 4.78 is 53.0. The number of rotatable bonds is 8. The van der Waals surface area contributed by atoms with Crippen LogP contribution in [0.3, 0.4) is 0 Å². The lowest BCUT2D eigenvalue weighted by Gasteiger charge is -2.12. The maximum Gasteiger partial charge on any atom is 0.341 e. The van der Waals surface area contributed by atoms with Gasteiger partial charge in [0.25, 0.3) is 0 Å². The Morgan fingerprint density at radius 1 is 1.26 bits per heavy atom. The van der Waals surface area contributed by atoms with Crippen molar-refractivity contribution in [1.29, 1.82) is 0 Å². The number of hydrogen-bond acceptors (Lipinski definition) is 4. The fourth-order valence-corrected chi connectivity index (χ4v) is 2.39. The summed E-state index contributed by atoms with van der Waals surface area (Å²) >= 11 is 5.41. The Labute approximate surface area is 115 Å². The molecule has 1 N–H and O–H groups in total. The number of benzene rings is 1. The van der Waals surface area contributed by atoms with Crippen molar-refractivity contribution in [1.82, 2.24) is 0 Å². The number of anilines is 1. The van der Waals surface area contributed by atoms with Gasteiger partial charge in [0.2, 0.25) is 9.84 Å². The molecule has 0 saturated carbocycles. The van der Waals surface area contributed by atoms with E-state index in [0.717, 1.165) is 6.07 Å². The van der Waals surface area contributed by atoms with Crippen molar-refractivity contribution < 1.29 is 21.9 Å². The summed E-state index contributed by atoms with van der Waals surface area (Å²) in [5, 5.41) is 2.75. The third-order valence-electron chi connectivity index (χ3n) is 2.21. The van der Waals surface area contributed by atoms with E-state index in [-0.39, 0.29) is 5.69 Å². The molecule has 0 aliphatic rings. The molecule has 0 amide bonds. The Kier molecular flexibility index (Phi) is 6.47. The van der Waals surface area contributed by atoms with E-state index in [9.17, 15) is 17.2 Å². The highest BCUT2D eigenvalue weighted by Gasteiger charge is 2.28. The lowest BCUT2D eigenvalue weighted by atomic mass is 10.3. The van der Waals surface area contributed by atoms with Crippen LogP contribution in [-0.2, 0) is 14.6 Å². The standard InChI is InChI=1S/C11H14ClF2NO3S/c12-5-7-18-8-6-15-9-3-1-2-4-10(9)19(16,17)11(13)14/h1-4,11,15H,5-8H2. The zero-order valence-electron chi connectivity index (χ0n) is 9.98. The molecule has 19 heavy (non-hydrogen) atoms. The summed E-state index contributed by atoms with van der Waals surface area (Å²) in [6.45, 7) is 0.975. The van der Waals surface area contributed by atoms with E-state index in [0.29, 0.717) is 25.6 Å². The maximum atomic E-state index is 12.5. The molecule has 0 saturated heterocycles. The zero-order chi connectivity index (χ0) is 14.3. The van der Waals surface area contributed by atoms with Crippen LogP contribution in [0.1, 0.15) is 0 Å². The summed E-state index contributed by atoms with van der Waals surface area (Å²) in [5.41, 5.74) is 0.136. The molecule has 0 aromatic heterocycles. The van der Waals surface area contributed by atoms with Crippen molar-refractivity contribution in [2.24, 2.45) is 0 Å². The quantitative estimate of drug-likeness (QED) is 0.591. The largest absolute Gasteiger partial charge is 0.382 e. The first kappa shape index (κ1) is 16.1. The van der Waals surface area contributed by atoms with Crippen LogP contribution in [0.2, 0.25) is 0 Å². The molecule has 1 rings (SSSR count). The number of ether oxygens (including phenoxy) is 1.